The summed E-state index contributed by atoms with van der Waals surface area (Å²) in [5, 5.41) is 4.20. The number of hydrogen-bond acceptors (Lipinski definition) is 7. The molecule has 3 rings (SSSR count). The van der Waals surface area contributed by atoms with Gasteiger partial charge in [0.2, 0.25) is 5.88 Å². The van der Waals surface area contributed by atoms with E-state index in [1.54, 1.807) is 12.1 Å². The van der Waals surface area contributed by atoms with E-state index >= 15 is 0 Å². The van der Waals surface area contributed by atoms with Gasteiger partial charge in [-0.15, -0.1) is 0 Å². The van der Waals surface area contributed by atoms with Crippen molar-refractivity contribution in [3.05, 3.63) is 51.8 Å². The molecule has 0 radical (unpaired) electrons. The van der Waals surface area contributed by atoms with Crippen molar-refractivity contribution >= 4 is 40.4 Å². The third kappa shape index (κ3) is 4.41. The van der Waals surface area contributed by atoms with Gasteiger partial charge in [-0.25, -0.2) is 4.98 Å². The molecule has 0 amide bonds. The summed E-state index contributed by atoms with van der Waals surface area (Å²) in [7, 11) is 3.07. The van der Waals surface area contributed by atoms with Crippen LogP contribution >= 0.6 is 23.2 Å². The van der Waals surface area contributed by atoms with Gasteiger partial charge in [-0.05, 0) is 43.2 Å². The van der Waals surface area contributed by atoms with Gasteiger partial charge in [-0.3, -0.25) is 0 Å². The highest BCUT2D eigenvalue weighted by Crippen LogP contribution is 2.39. The quantitative estimate of drug-likeness (QED) is 0.526. The van der Waals surface area contributed by atoms with Crippen molar-refractivity contribution in [2.45, 2.75) is 13.8 Å². The Morgan fingerprint density at radius 3 is 2.21 bits per heavy atom. The molecule has 3 aromatic rings. The van der Waals surface area contributed by atoms with Crippen LogP contribution in [0.5, 0.6) is 23.1 Å². The molecule has 0 atom stereocenters. The summed E-state index contributed by atoms with van der Waals surface area (Å²) in [4.78, 5) is 8.33. The molecule has 9 heteroatoms. The first-order valence-electron chi connectivity index (χ1n) is 8.57. The van der Waals surface area contributed by atoms with Crippen molar-refractivity contribution in [2.24, 2.45) is 0 Å². The van der Waals surface area contributed by atoms with Crippen LogP contribution in [-0.2, 0) is 0 Å². The predicted molar refractivity (Wildman–Crippen MR) is 115 cm³/mol. The van der Waals surface area contributed by atoms with Crippen LogP contribution in [0.25, 0.3) is 0 Å². The molecule has 7 nitrogen and oxygen atoms in total. The highest BCUT2D eigenvalue weighted by Gasteiger charge is 2.15. The van der Waals surface area contributed by atoms with Gasteiger partial charge in [0, 0.05) is 11.1 Å². The second-order valence-corrected chi connectivity index (χ2v) is 7.01. The standard InChI is InChI=1S/C20H20Cl2N4O3/c1-10-5-12(6-11(2)17(10)22)29-20-18(23)19(24-9-25-20)26-14-7-13(21)15(27-3)8-16(14)28-4/h5-9H,23H2,1-4H3,(H,24,25,26). The zero-order chi connectivity index (χ0) is 21.1. The number of halogens is 2. The molecule has 0 spiro atoms. The number of rotatable bonds is 6. The number of nitrogens with one attached hydrogen (secondary N) is 1. The van der Waals surface area contributed by atoms with Gasteiger partial charge < -0.3 is 25.3 Å². The lowest BCUT2D eigenvalue weighted by Crippen LogP contribution is -2.04. The van der Waals surface area contributed by atoms with Crippen LogP contribution in [0.3, 0.4) is 0 Å². The smallest absolute Gasteiger partial charge is 0.248 e. The van der Waals surface area contributed by atoms with E-state index in [-0.39, 0.29) is 11.6 Å². The highest BCUT2D eigenvalue weighted by atomic mass is 35.5. The summed E-state index contributed by atoms with van der Waals surface area (Å²) in [5.41, 5.74) is 8.81. The summed E-state index contributed by atoms with van der Waals surface area (Å²) in [6.45, 7) is 3.80. The topological polar surface area (TPSA) is 91.5 Å². The minimum Gasteiger partial charge on any atom is -0.495 e. The maximum absolute atomic E-state index is 6.23. The largest absolute Gasteiger partial charge is 0.495 e. The van der Waals surface area contributed by atoms with Crippen molar-refractivity contribution in [3.63, 3.8) is 0 Å². The Kier molecular flexibility index (Phi) is 6.20. The van der Waals surface area contributed by atoms with E-state index in [0.29, 0.717) is 38.8 Å². The highest BCUT2D eigenvalue weighted by molar-refractivity contribution is 6.32. The van der Waals surface area contributed by atoms with E-state index in [4.69, 9.17) is 43.1 Å². The minimum atomic E-state index is 0.210. The van der Waals surface area contributed by atoms with Crippen molar-refractivity contribution in [2.75, 3.05) is 25.3 Å². The van der Waals surface area contributed by atoms with E-state index in [1.807, 2.05) is 26.0 Å². The molecule has 3 N–H and O–H groups in total. The van der Waals surface area contributed by atoms with Gasteiger partial charge >= 0.3 is 0 Å². The Morgan fingerprint density at radius 2 is 1.59 bits per heavy atom. The molecule has 1 heterocycles. The number of methoxy groups -OCH3 is 2. The normalized spacial score (nSPS) is 10.6. The summed E-state index contributed by atoms with van der Waals surface area (Å²) >= 11 is 12.4. The van der Waals surface area contributed by atoms with E-state index in [9.17, 15) is 0 Å². The third-order valence-corrected chi connectivity index (χ3v) is 5.09. The summed E-state index contributed by atoms with van der Waals surface area (Å²) in [6.07, 6.45) is 1.35. The molecule has 29 heavy (non-hydrogen) atoms. The minimum absolute atomic E-state index is 0.210. The molecule has 0 unspecified atom stereocenters. The van der Waals surface area contributed by atoms with Crippen molar-refractivity contribution in [1.82, 2.24) is 9.97 Å². The van der Waals surface area contributed by atoms with Gasteiger partial charge in [-0.2, -0.15) is 4.98 Å². The second-order valence-electron chi connectivity index (χ2n) is 6.23. The molecule has 2 aromatic carbocycles. The molecule has 0 bridgehead atoms. The van der Waals surface area contributed by atoms with Gasteiger partial charge in [0.15, 0.2) is 5.82 Å². The van der Waals surface area contributed by atoms with E-state index < -0.39 is 0 Å². The van der Waals surface area contributed by atoms with Gasteiger partial charge in [0.25, 0.3) is 0 Å². The summed E-state index contributed by atoms with van der Waals surface area (Å²) in [5.74, 6) is 2.13. The lowest BCUT2D eigenvalue weighted by molar-refractivity contribution is 0.396. The first-order chi connectivity index (χ1) is 13.8. The van der Waals surface area contributed by atoms with Crippen LogP contribution < -0.4 is 25.3 Å². The SMILES string of the molecule is COc1cc(OC)c(Nc2ncnc(Oc3cc(C)c(Cl)c(C)c3)c2N)cc1Cl. The number of hydrogen-bond donors (Lipinski definition) is 2. The van der Waals surface area contributed by atoms with Crippen LogP contribution in [0.1, 0.15) is 11.1 Å². The van der Waals surface area contributed by atoms with E-state index in [0.717, 1.165) is 11.1 Å². The lowest BCUT2D eigenvalue weighted by atomic mass is 10.1. The number of anilines is 3. The average molecular weight is 435 g/mol. The van der Waals surface area contributed by atoms with Crippen molar-refractivity contribution < 1.29 is 14.2 Å². The molecular weight excluding hydrogens is 415 g/mol. The van der Waals surface area contributed by atoms with Crippen LogP contribution in [-0.4, -0.2) is 24.2 Å². The van der Waals surface area contributed by atoms with Crippen LogP contribution in [0.15, 0.2) is 30.6 Å². The molecule has 0 aliphatic carbocycles. The maximum atomic E-state index is 6.23. The van der Waals surface area contributed by atoms with Crippen LogP contribution in [0, 0.1) is 13.8 Å². The Balaban J connectivity index is 1.93. The number of ether oxygens (including phenoxy) is 3. The Bertz CT molecular complexity index is 1040. The number of nitrogens with zero attached hydrogens (tertiary/aromatic N) is 2. The zero-order valence-corrected chi connectivity index (χ0v) is 17.9. The predicted octanol–water partition coefficient (Wildman–Crippen LogP) is 5.54. The van der Waals surface area contributed by atoms with E-state index in [1.165, 1.54) is 20.5 Å². The van der Waals surface area contributed by atoms with Crippen molar-refractivity contribution in [3.8, 4) is 23.1 Å². The molecule has 0 aliphatic heterocycles. The van der Waals surface area contributed by atoms with Gasteiger partial charge in [0.1, 0.15) is 29.3 Å². The Hall–Kier alpha value is -2.90. The average Bonchev–Trinajstić information content (AvgIpc) is 2.69. The van der Waals surface area contributed by atoms with Crippen molar-refractivity contribution in [1.29, 1.82) is 0 Å². The summed E-state index contributed by atoms with van der Waals surface area (Å²) in [6, 6.07) is 6.96. The fourth-order valence-electron chi connectivity index (χ4n) is 2.72. The Morgan fingerprint density at radius 1 is 0.931 bits per heavy atom. The van der Waals surface area contributed by atoms with E-state index in [2.05, 4.69) is 15.3 Å². The fourth-order valence-corrected chi connectivity index (χ4v) is 3.07. The first kappa shape index (κ1) is 20.8. The second kappa shape index (κ2) is 8.63. The number of aromatic nitrogens is 2. The molecule has 0 saturated heterocycles. The Labute approximate surface area is 178 Å². The molecule has 0 fully saturated rings. The monoisotopic (exact) mass is 434 g/mol. The molecule has 152 valence electrons. The first-order valence-corrected chi connectivity index (χ1v) is 9.33. The number of nitrogens with two attached hydrogens (primary N) is 1. The third-order valence-electron chi connectivity index (χ3n) is 4.20. The maximum Gasteiger partial charge on any atom is 0.248 e. The number of aryl methyl sites for hydroxylation is 2. The molecular formula is C20H20Cl2N4O3. The van der Waals surface area contributed by atoms with Gasteiger partial charge in [-0.1, -0.05) is 23.2 Å². The fraction of sp³-hybridized carbons (Fsp3) is 0.200. The zero-order valence-electron chi connectivity index (χ0n) is 16.3. The van der Waals surface area contributed by atoms with Crippen LogP contribution in [0.4, 0.5) is 17.2 Å². The number of benzene rings is 2. The molecule has 0 saturated carbocycles. The molecule has 0 aliphatic rings. The number of nitrogen functional groups attached to an aromatic ring is 1. The van der Waals surface area contributed by atoms with Crippen LogP contribution in [0.2, 0.25) is 10.0 Å². The lowest BCUT2D eigenvalue weighted by Gasteiger charge is -2.16. The molecule has 1 aromatic heterocycles. The summed E-state index contributed by atoms with van der Waals surface area (Å²) < 4.78 is 16.5. The van der Waals surface area contributed by atoms with Gasteiger partial charge in [0.05, 0.1) is 24.9 Å².